The molecular weight excluding hydrogens is 168 g/mol. The second-order valence-corrected chi connectivity index (χ2v) is 3.02. The Bertz CT molecular complexity index is 428. The normalized spacial score (nSPS) is 27.8. The summed E-state index contributed by atoms with van der Waals surface area (Å²) in [5.41, 5.74) is 4.24. The minimum Gasteiger partial charge on any atom is -0.304 e. The van der Waals surface area contributed by atoms with Gasteiger partial charge in [0.25, 0.3) is 11.7 Å². The van der Waals surface area contributed by atoms with Crippen LogP contribution in [0.3, 0.4) is 0 Å². The molecule has 5 heteroatoms. The Morgan fingerprint density at radius 1 is 1.31 bits per heavy atom. The van der Waals surface area contributed by atoms with Crippen LogP contribution < -0.4 is 10.7 Å². The molecule has 0 radical (unpaired) electrons. The van der Waals surface area contributed by atoms with Crippen LogP contribution in [0.5, 0.6) is 0 Å². The van der Waals surface area contributed by atoms with Crippen molar-refractivity contribution in [2.24, 2.45) is 10.3 Å². The minimum absolute atomic E-state index is 0.109. The lowest BCUT2D eigenvalue weighted by Crippen LogP contribution is -2.52. The van der Waals surface area contributed by atoms with Crippen molar-refractivity contribution in [2.75, 3.05) is 0 Å². The summed E-state index contributed by atoms with van der Waals surface area (Å²) in [5.74, 6) is -0.880. The molecule has 0 fully saturated rings. The summed E-state index contributed by atoms with van der Waals surface area (Å²) in [5, 5.41) is 10.1. The maximum atomic E-state index is 11.4. The van der Waals surface area contributed by atoms with E-state index in [-0.39, 0.29) is 5.91 Å². The number of hydrogen-bond donors (Lipinski definition) is 2. The first-order chi connectivity index (χ1) is 6.32. The van der Waals surface area contributed by atoms with Gasteiger partial charge in [-0.25, -0.2) is 5.43 Å². The number of amides is 1. The van der Waals surface area contributed by atoms with Crippen LogP contribution in [0.15, 0.2) is 34.6 Å². The first-order valence-corrected chi connectivity index (χ1v) is 3.93. The summed E-state index contributed by atoms with van der Waals surface area (Å²) in [6.45, 7) is 0. The van der Waals surface area contributed by atoms with Crippen LogP contribution >= 0.6 is 0 Å². The number of hydrogen-bond acceptors (Lipinski definition) is 4. The molecule has 2 aliphatic heterocycles. The number of nitrogens with one attached hydrogen (secondary N) is 2. The zero-order valence-corrected chi connectivity index (χ0v) is 6.61. The molecule has 2 heterocycles. The average molecular weight is 174 g/mol. The molecule has 1 spiro atoms. The van der Waals surface area contributed by atoms with Crippen molar-refractivity contribution in [3.05, 3.63) is 35.4 Å². The van der Waals surface area contributed by atoms with Crippen molar-refractivity contribution in [1.29, 1.82) is 0 Å². The number of rotatable bonds is 0. The van der Waals surface area contributed by atoms with Crippen LogP contribution in [0, 0.1) is 0 Å². The number of benzene rings is 1. The summed E-state index contributed by atoms with van der Waals surface area (Å²) in [4.78, 5) is 11.4. The van der Waals surface area contributed by atoms with Crippen molar-refractivity contribution in [1.82, 2.24) is 10.7 Å². The first-order valence-electron chi connectivity index (χ1n) is 3.93. The minimum atomic E-state index is -0.770. The molecule has 2 N–H and O–H groups in total. The van der Waals surface area contributed by atoms with Gasteiger partial charge in [0.05, 0.1) is 0 Å². The molecule has 0 aromatic heterocycles. The molecule has 1 amide bonds. The molecule has 3 rings (SSSR count). The topological polar surface area (TPSA) is 65.8 Å². The lowest BCUT2D eigenvalue weighted by atomic mass is 10.1. The molecule has 1 atom stereocenters. The maximum Gasteiger partial charge on any atom is 0.272 e. The predicted molar refractivity (Wildman–Crippen MR) is 43.6 cm³/mol. The molecule has 1 aromatic rings. The SMILES string of the molecule is O=C1NC2(N=NN2)c2ccccc21. The fourth-order valence-electron chi connectivity index (χ4n) is 1.61. The van der Waals surface area contributed by atoms with Crippen molar-refractivity contribution in [3.63, 3.8) is 0 Å². The van der Waals surface area contributed by atoms with Gasteiger partial charge in [0, 0.05) is 11.1 Å². The Morgan fingerprint density at radius 3 is 2.77 bits per heavy atom. The van der Waals surface area contributed by atoms with E-state index in [9.17, 15) is 4.79 Å². The Labute approximate surface area is 73.8 Å². The van der Waals surface area contributed by atoms with E-state index in [0.29, 0.717) is 5.56 Å². The van der Waals surface area contributed by atoms with E-state index in [1.165, 1.54) is 0 Å². The fraction of sp³-hybridized carbons (Fsp3) is 0.125. The molecule has 64 valence electrons. The van der Waals surface area contributed by atoms with Crippen LogP contribution in [0.2, 0.25) is 0 Å². The van der Waals surface area contributed by atoms with E-state index in [4.69, 9.17) is 0 Å². The summed E-state index contributed by atoms with van der Waals surface area (Å²) < 4.78 is 0. The van der Waals surface area contributed by atoms with Gasteiger partial charge in [0.15, 0.2) is 0 Å². The largest absolute Gasteiger partial charge is 0.304 e. The maximum absolute atomic E-state index is 11.4. The second kappa shape index (κ2) is 1.87. The van der Waals surface area contributed by atoms with Gasteiger partial charge in [-0.05, 0) is 6.07 Å². The highest BCUT2D eigenvalue weighted by molar-refractivity contribution is 5.99. The quantitative estimate of drug-likeness (QED) is 0.601. The van der Waals surface area contributed by atoms with Crippen LogP contribution in [-0.4, -0.2) is 5.91 Å². The number of fused-ring (bicyclic) bond motifs is 2. The predicted octanol–water partition coefficient (Wildman–Crippen LogP) is 0.511. The molecule has 5 nitrogen and oxygen atoms in total. The summed E-state index contributed by atoms with van der Waals surface area (Å²) >= 11 is 0. The van der Waals surface area contributed by atoms with Crippen molar-refractivity contribution in [3.8, 4) is 0 Å². The third-order valence-corrected chi connectivity index (χ3v) is 2.27. The van der Waals surface area contributed by atoms with Gasteiger partial charge in [-0.2, -0.15) is 0 Å². The Balaban J connectivity index is 2.26. The molecule has 0 saturated carbocycles. The molecule has 13 heavy (non-hydrogen) atoms. The van der Waals surface area contributed by atoms with Crippen LogP contribution in [0.4, 0.5) is 0 Å². The van der Waals surface area contributed by atoms with E-state index < -0.39 is 5.79 Å². The molecule has 0 bridgehead atoms. The van der Waals surface area contributed by atoms with E-state index in [2.05, 4.69) is 21.1 Å². The summed E-state index contributed by atoms with van der Waals surface area (Å²) in [7, 11) is 0. The zero-order chi connectivity index (χ0) is 8.89. The van der Waals surface area contributed by atoms with Gasteiger partial charge in [-0.15, -0.1) is 5.11 Å². The van der Waals surface area contributed by atoms with Gasteiger partial charge in [0.1, 0.15) is 0 Å². The van der Waals surface area contributed by atoms with Crippen molar-refractivity contribution >= 4 is 5.91 Å². The fourth-order valence-corrected chi connectivity index (χ4v) is 1.61. The van der Waals surface area contributed by atoms with Crippen molar-refractivity contribution < 1.29 is 4.79 Å². The molecule has 0 saturated heterocycles. The van der Waals surface area contributed by atoms with Gasteiger partial charge < -0.3 is 5.32 Å². The lowest BCUT2D eigenvalue weighted by molar-refractivity contribution is 0.0875. The highest BCUT2D eigenvalue weighted by Crippen LogP contribution is 2.33. The zero-order valence-electron chi connectivity index (χ0n) is 6.61. The Morgan fingerprint density at radius 2 is 2.08 bits per heavy atom. The Kier molecular flexibility index (Phi) is 0.950. The second-order valence-electron chi connectivity index (χ2n) is 3.02. The molecule has 1 aromatic carbocycles. The highest BCUT2D eigenvalue weighted by atomic mass is 16.2. The van der Waals surface area contributed by atoms with E-state index in [0.717, 1.165) is 5.56 Å². The average Bonchev–Trinajstić information content (AvgIpc) is 2.40. The molecule has 0 aliphatic carbocycles. The van der Waals surface area contributed by atoms with Gasteiger partial charge in [0.2, 0.25) is 0 Å². The third kappa shape index (κ3) is 0.641. The molecular formula is C8H6N4O. The van der Waals surface area contributed by atoms with Crippen LogP contribution in [-0.2, 0) is 5.79 Å². The van der Waals surface area contributed by atoms with Crippen LogP contribution in [0.25, 0.3) is 0 Å². The van der Waals surface area contributed by atoms with E-state index >= 15 is 0 Å². The lowest BCUT2D eigenvalue weighted by Gasteiger charge is -2.29. The highest BCUT2D eigenvalue weighted by Gasteiger charge is 2.47. The summed E-state index contributed by atoms with van der Waals surface area (Å²) in [6.07, 6.45) is 0. The number of nitrogens with zero attached hydrogens (tertiary/aromatic N) is 2. The third-order valence-electron chi connectivity index (χ3n) is 2.27. The van der Waals surface area contributed by atoms with Gasteiger partial charge in [-0.1, -0.05) is 23.4 Å². The summed E-state index contributed by atoms with van der Waals surface area (Å²) in [6, 6.07) is 7.33. The smallest absolute Gasteiger partial charge is 0.272 e. The molecule has 2 aliphatic rings. The first kappa shape index (κ1) is 6.59. The number of carbonyl (C=O) groups excluding carboxylic acids is 1. The number of carbonyl (C=O) groups is 1. The van der Waals surface area contributed by atoms with Crippen molar-refractivity contribution in [2.45, 2.75) is 5.79 Å². The van der Waals surface area contributed by atoms with E-state index in [1.807, 2.05) is 18.2 Å². The standard InChI is InChI=1S/C8H6N4O/c13-7-5-3-1-2-4-6(5)8(9-7)10-12-11-8/h1-4H,(H,9,13)(H,10,11). The monoisotopic (exact) mass is 174 g/mol. The van der Waals surface area contributed by atoms with Gasteiger partial charge in [-0.3, -0.25) is 4.79 Å². The van der Waals surface area contributed by atoms with Gasteiger partial charge >= 0.3 is 0 Å². The van der Waals surface area contributed by atoms with E-state index in [1.54, 1.807) is 6.07 Å². The van der Waals surface area contributed by atoms with Crippen LogP contribution in [0.1, 0.15) is 15.9 Å². The molecule has 1 unspecified atom stereocenters. The Hall–Kier alpha value is -1.91.